The summed E-state index contributed by atoms with van der Waals surface area (Å²) in [4.78, 5) is 0. The lowest BCUT2D eigenvalue weighted by Crippen LogP contribution is -2.37. The molecule has 0 fully saturated rings. The molecule has 1 aromatic rings. The average Bonchev–Trinajstić information content (AvgIpc) is 2.78. The minimum absolute atomic E-state index is 0.229. The summed E-state index contributed by atoms with van der Waals surface area (Å²) in [5.74, 6) is 0.846. The Labute approximate surface area is 99.1 Å². The lowest BCUT2D eigenvalue weighted by Gasteiger charge is -2.20. The number of thiocarbonyl (C=S) groups is 1. The summed E-state index contributed by atoms with van der Waals surface area (Å²) in [6, 6.07) is 7.67. The van der Waals surface area contributed by atoms with Gasteiger partial charge in [0.2, 0.25) is 0 Å². The van der Waals surface area contributed by atoms with Gasteiger partial charge in [0, 0.05) is 5.37 Å². The van der Waals surface area contributed by atoms with Crippen molar-refractivity contribution in [1.82, 2.24) is 5.53 Å². The molecule has 1 heterocycles. The summed E-state index contributed by atoms with van der Waals surface area (Å²) in [5.41, 5.74) is 3.72. The molecule has 6 heteroatoms. The molecule has 5 nitrogen and oxygen atoms in total. The van der Waals surface area contributed by atoms with E-state index < -0.39 is 0 Å². The van der Waals surface area contributed by atoms with Crippen LogP contribution in [-0.2, 0) is 0 Å². The van der Waals surface area contributed by atoms with Crippen LogP contribution in [0.3, 0.4) is 0 Å². The highest BCUT2D eigenvalue weighted by molar-refractivity contribution is 7.79. The number of benzene rings is 1. The van der Waals surface area contributed by atoms with Crippen LogP contribution in [0.4, 0.5) is 5.69 Å². The van der Waals surface area contributed by atoms with Crippen molar-refractivity contribution in [2.24, 2.45) is 10.3 Å². The van der Waals surface area contributed by atoms with Crippen molar-refractivity contribution in [3.63, 3.8) is 0 Å². The molecule has 2 rings (SSSR count). The van der Waals surface area contributed by atoms with Crippen LogP contribution in [-0.4, -0.2) is 18.1 Å². The molecule has 0 amide bonds. The molecule has 1 unspecified atom stereocenters. The van der Waals surface area contributed by atoms with Crippen molar-refractivity contribution in [3.8, 4) is 5.75 Å². The highest BCUT2D eigenvalue weighted by Gasteiger charge is 2.20. The fraction of sp³-hybridized carbons (Fsp3) is 0.300. The van der Waals surface area contributed by atoms with Gasteiger partial charge in [-0.15, -0.1) is 5.11 Å². The Morgan fingerprint density at radius 2 is 2.25 bits per heavy atom. The largest absolute Gasteiger partial charge is 0.494 e. The summed E-state index contributed by atoms with van der Waals surface area (Å²) in [6.07, 6.45) is -0.229. The maximum Gasteiger partial charge on any atom is 0.192 e. The number of anilines is 1. The predicted octanol–water partition coefficient (Wildman–Crippen LogP) is 2.10. The minimum atomic E-state index is -0.229. The van der Waals surface area contributed by atoms with E-state index in [2.05, 4.69) is 15.9 Å². The van der Waals surface area contributed by atoms with Crippen molar-refractivity contribution in [1.29, 1.82) is 0 Å². The smallest absolute Gasteiger partial charge is 0.192 e. The quantitative estimate of drug-likeness (QED) is 0.813. The third-order valence-corrected chi connectivity index (χ3v) is 2.38. The first-order valence-electron chi connectivity index (χ1n) is 4.98. The summed E-state index contributed by atoms with van der Waals surface area (Å²) in [7, 11) is 0. The minimum Gasteiger partial charge on any atom is -0.494 e. The van der Waals surface area contributed by atoms with Crippen LogP contribution in [0.1, 0.15) is 6.92 Å². The van der Waals surface area contributed by atoms with Crippen LogP contribution in [0, 0.1) is 0 Å². The van der Waals surface area contributed by atoms with Gasteiger partial charge in [-0.2, -0.15) is 5.53 Å². The first-order chi connectivity index (χ1) is 7.85. The molecule has 0 saturated heterocycles. The van der Waals surface area contributed by atoms with E-state index in [1.807, 2.05) is 31.2 Å². The van der Waals surface area contributed by atoms with Crippen LogP contribution < -0.4 is 15.3 Å². The summed E-state index contributed by atoms with van der Waals surface area (Å²) >= 11 is 4.87. The molecule has 1 aliphatic rings. The number of hydrazine groups is 1. The molecule has 1 aliphatic heterocycles. The van der Waals surface area contributed by atoms with Crippen molar-refractivity contribution in [3.05, 3.63) is 24.3 Å². The van der Waals surface area contributed by atoms with Crippen LogP contribution in [0.15, 0.2) is 34.6 Å². The topological polar surface area (TPSA) is 49.2 Å². The zero-order valence-electron chi connectivity index (χ0n) is 8.83. The molecule has 1 aromatic carbocycles. The second-order valence-electron chi connectivity index (χ2n) is 3.16. The maximum absolute atomic E-state index is 5.36. The Bertz CT molecular complexity index is 392. The third-order valence-electron chi connectivity index (χ3n) is 2.14. The Kier molecular flexibility index (Phi) is 3.31. The van der Waals surface area contributed by atoms with Gasteiger partial charge >= 0.3 is 0 Å². The van der Waals surface area contributed by atoms with E-state index >= 15 is 0 Å². The van der Waals surface area contributed by atoms with Crippen molar-refractivity contribution < 1.29 is 4.74 Å². The number of hydrogen-bond donors (Lipinski definition) is 1. The van der Waals surface area contributed by atoms with E-state index in [0.29, 0.717) is 6.61 Å². The molecular formula is C10H12N4OS. The van der Waals surface area contributed by atoms with Gasteiger partial charge in [-0.1, -0.05) is 17.4 Å². The van der Waals surface area contributed by atoms with E-state index in [4.69, 9.17) is 17.0 Å². The van der Waals surface area contributed by atoms with Crippen LogP contribution in [0.2, 0.25) is 0 Å². The van der Waals surface area contributed by atoms with Crippen molar-refractivity contribution in [2.45, 2.75) is 13.1 Å². The molecule has 0 aliphatic carbocycles. The average molecular weight is 236 g/mol. The van der Waals surface area contributed by atoms with Gasteiger partial charge in [0.05, 0.1) is 12.3 Å². The number of nitrogens with zero attached hydrogens (tertiary/aromatic N) is 3. The Hall–Kier alpha value is -1.69. The fourth-order valence-corrected chi connectivity index (χ4v) is 1.59. The maximum atomic E-state index is 5.36. The molecule has 0 radical (unpaired) electrons. The second kappa shape index (κ2) is 4.89. The molecule has 0 bridgehead atoms. The zero-order valence-corrected chi connectivity index (χ0v) is 9.65. The number of ether oxygens (including phenoxy) is 1. The summed E-state index contributed by atoms with van der Waals surface area (Å²) < 4.78 is 5.36. The highest BCUT2D eigenvalue weighted by Crippen LogP contribution is 2.21. The lowest BCUT2D eigenvalue weighted by molar-refractivity contribution is 0.340. The van der Waals surface area contributed by atoms with Gasteiger partial charge in [0.25, 0.3) is 0 Å². The van der Waals surface area contributed by atoms with Crippen LogP contribution in [0.25, 0.3) is 0 Å². The molecule has 0 spiro atoms. The third kappa shape index (κ3) is 2.11. The van der Waals surface area contributed by atoms with Gasteiger partial charge in [0.15, 0.2) is 6.17 Å². The van der Waals surface area contributed by atoms with Crippen molar-refractivity contribution >= 4 is 23.3 Å². The van der Waals surface area contributed by atoms with Crippen molar-refractivity contribution in [2.75, 3.05) is 11.6 Å². The normalized spacial score (nSPS) is 18.3. The number of rotatable bonds is 4. The number of hydrogen-bond acceptors (Lipinski definition) is 6. The van der Waals surface area contributed by atoms with Gasteiger partial charge in [-0.05, 0) is 31.2 Å². The first-order valence-corrected chi connectivity index (χ1v) is 5.45. The van der Waals surface area contributed by atoms with E-state index in [1.165, 1.54) is 0 Å². The van der Waals surface area contributed by atoms with E-state index in [-0.39, 0.29) is 6.17 Å². The molecule has 84 valence electrons. The SMILES string of the molecule is CCOc1ccc(N2NN=NC2C=S)cc1. The standard InChI is InChI=1S/C10H12N4OS/c1-2-15-9-5-3-8(4-6-9)14-10(7-16)11-12-13-14/h3-7,10H,2H2,1H3,(H,11,13). The van der Waals surface area contributed by atoms with Gasteiger partial charge in [-0.3, -0.25) is 0 Å². The second-order valence-corrected chi connectivity index (χ2v) is 3.43. The molecule has 1 N–H and O–H groups in total. The van der Waals surface area contributed by atoms with Gasteiger partial charge < -0.3 is 4.74 Å². The zero-order chi connectivity index (χ0) is 11.4. The van der Waals surface area contributed by atoms with E-state index in [1.54, 1.807) is 10.4 Å². The van der Waals surface area contributed by atoms with E-state index in [9.17, 15) is 0 Å². The van der Waals surface area contributed by atoms with Gasteiger partial charge in [-0.25, -0.2) is 5.01 Å². The Balaban J connectivity index is 2.12. The molecular weight excluding hydrogens is 224 g/mol. The molecule has 16 heavy (non-hydrogen) atoms. The van der Waals surface area contributed by atoms with Gasteiger partial charge in [0.1, 0.15) is 5.75 Å². The highest BCUT2D eigenvalue weighted by atomic mass is 32.1. The molecule has 0 saturated carbocycles. The van der Waals surface area contributed by atoms with Crippen LogP contribution in [0.5, 0.6) is 5.75 Å². The Morgan fingerprint density at radius 3 is 2.88 bits per heavy atom. The Morgan fingerprint density at radius 1 is 1.50 bits per heavy atom. The first kappa shape index (κ1) is 10.8. The predicted molar refractivity (Wildman–Crippen MR) is 65.5 cm³/mol. The monoisotopic (exact) mass is 236 g/mol. The summed E-state index contributed by atoms with van der Waals surface area (Å²) in [5, 5.41) is 11.0. The van der Waals surface area contributed by atoms with E-state index in [0.717, 1.165) is 11.4 Å². The number of nitrogens with one attached hydrogen (secondary N) is 1. The summed E-state index contributed by atoms with van der Waals surface area (Å²) in [6.45, 7) is 2.62. The molecule has 0 aromatic heterocycles. The lowest BCUT2D eigenvalue weighted by atomic mass is 10.3. The molecule has 1 atom stereocenters. The fourth-order valence-electron chi connectivity index (χ4n) is 1.41. The van der Waals surface area contributed by atoms with Crippen LogP contribution >= 0.6 is 12.2 Å².